The Morgan fingerprint density at radius 2 is 2.21 bits per heavy atom. The first-order chi connectivity index (χ1) is 9.10. The highest BCUT2D eigenvalue weighted by Gasteiger charge is 2.14. The quantitative estimate of drug-likeness (QED) is 0.803. The summed E-state index contributed by atoms with van der Waals surface area (Å²) in [6.45, 7) is 1.60. The first-order valence-electron chi connectivity index (χ1n) is 5.40. The minimum absolute atomic E-state index is 0.0661. The number of carbonyl (C=O) groups excluding carboxylic acids is 1. The van der Waals surface area contributed by atoms with Crippen LogP contribution < -0.4 is 4.74 Å². The number of rotatable bonds is 4. The number of carbonyl (C=O) groups is 1. The fourth-order valence-electron chi connectivity index (χ4n) is 1.39. The van der Waals surface area contributed by atoms with Gasteiger partial charge in [-0.25, -0.2) is 4.79 Å². The van der Waals surface area contributed by atoms with Crippen LogP contribution in [0.3, 0.4) is 0 Å². The second kappa shape index (κ2) is 5.83. The van der Waals surface area contributed by atoms with Crippen LogP contribution in [-0.2, 0) is 11.3 Å². The molecule has 1 aromatic carbocycles. The third-order valence-electron chi connectivity index (χ3n) is 2.29. The number of esters is 1. The van der Waals surface area contributed by atoms with Gasteiger partial charge in [0, 0.05) is 11.4 Å². The molecule has 0 saturated carbocycles. The lowest BCUT2D eigenvalue weighted by Crippen LogP contribution is -2.06. The van der Waals surface area contributed by atoms with Gasteiger partial charge >= 0.3 is 5.97 Å². The molecule has 0 unspecified atom stereocenters. The predicted octanol–water partition coefficient (Wildman–Crippen LogP) is 2.51. The number of hydrogen-bond acceptors (Lipinski definition) is 6. The zero-order chi connectivity index (χ0) is 13.8. The lowest BCUT2D eigenvalue weighted by molar-refractivity contribution is 0.0435. The summed E-state index contributed by atoms with van der Waals surface area (Å²) in [5.41, 5.74) is 0.371. The van der Waals surface area contributed by atoms with Crippen molar-refractivity contribution in [2.45, 2.75) is 13.5 Å². The maximum atomic E-state index is 11.9. The SMILES string of the molecule is COc1ccc(Br)c(C(=O)OCc2nnc(C)o2)c1. The Morgan fingerprint density at radius 3 is 2.84 bits per heavy atom. The van der Waals surface area contributed by atoms with E-state index in [2.05, 4.69) is 26.1 Å². The van der Waals surface area contributed by atoms with Crippen LogP contribution in [0.5, 0.6) is 5.75 Å². The fourth-order valence-corrected chi connectivity index (χ4v) is 1.80. The van der Waals surface area contributed by atoms with E-state index in [1.807, 2.05) is 0 Å². The number of methoxy groups -OCH3 is 1. The molecule has 0 N–H and O–H groups in total. The van der Waals surface area contributed by atoms with Crippen LogP contribution in [0.2, 0.25) is 0 Å². The standard InChI is InChI=1S/C12H11BrN2O4/c1-7-14-15-11(19-7)6-18-12(16)9-5-8(17-2)3-4-10(9)13/h3-5H,6H2,1-2H3. The Kier molecular flexibility index (Phi) is 4.16. The summed E-state index contributed by atoms with van der Waals surface area (Å²) in [5, 5.41) is 7.38. The van der Waals surface area contributed by atoms with E-state index in [1.54, 1.807) is 25.1 Å². The lowest BCUT2D eigenvalue weighted by atomic mass is 10.2. The van der Waals surface area contributed by atoms with Crippen molar-refractivity contribution in [3.8, 4) is 5.75 Å². The van der Waals surface area contributed by atoms with E-state index < -0.39 is 5.97 Å². The molecule has 0 amide bonds. The minimum atomic E-state index is -0.498. The number of aryl methyl sites for hydroxylation is 1. The molecule has 0 fully saturated rings. The van der Waals surface area contributed by atoms with Crippen molar-refractivity contribution < 1.29 is 18.7 Å². The molecule has 0 spiro atoms. The molecule has 19 heavy (non-hydrogen) atoms. The Balaban J connectivity index is 2.07. The summed E-state index contributed by atoms with van der Waals surface area (Å²) < 4.78 is 15.9. The van der Waals surface area contributed by atoms with Crippen LogP contribution >= 0.6 is 15.9 Å². The van der Waals surface area contributed by atoms with Crippen LogP contribution in [-0.4, -0.2) is 23.3 Å². The van der Waals surface area contributed by atoms with Crippen molar-refractivity contribution in [3.63, 3.8) is 0 Å². The van der Waals surface area contributed by atoms with Crippen molar-refractivity contribution in [2.75, 3.05) is 7.11 Å². The monoisotopic (exact) mass is 326 g/mol. The molecule has 0 aliphatic heterocycles. The summed E-state index contributed by atoms with van der Waals surface area (Å²) in [7, 11) is 1.53. The average Bonchev–Trinajstić information content (AvgIpc) is 2.82. The van der Waals surface area contributed by atoms with Gasteiger partial charge in [0.25, 0.3) is 5.89 Å². The van der Waals surface area contributed by atoms with Crippen molar-refractivity contribution >= 4 is 21.9 Å². The van der Waals surface area contributed by atoms with E-state index in [0.29, 0.717) is 21.7 Å². The summed E-state index contributed by atoms with van der Waals surface area (Å²) in [4.78, 5) is 11.9. The maximum Gasteiger partial charge on any atom is 0.339 e. The van der Waals surface area contributed by atoms with Gasteiger partial charge < -0.3 is 13.9 Å². The van der Waals surface area contributed by atoms with Crippen LogP contribution in [0, 0.1) is 6.92 Å². The molecule has 0 aliphatic rings. The van der Waals surface area contributed by atoms with Gasteiger partial charge in [-0.05, 0) is 34.1 Å². The number of nitrogens with zero attached hydrogens (tertiary/aromatic N) is 2. The van der Waals surface area contributed by atoms with Gasteiger partial charge in [-0.15, -0.1) is 10.2 Å². The van der Waals surface area contributed by atoms with Crippen molar-refractivity contribution in [3.05, 3.63) is 40.0 Å². The number of ether oxygens (including phenoxy) is 2. The predicted molar refractivity (Wildman–Crippen MR) is 68.8 cm³/mol. The molecule has 1 heterocycles. The molecule has 0 atom stereocenters. The van der Waals surface area contributed by atoms with Crippen molar-refractivity contribution in [1.29, 1.82) is 0 Å². The Hall–Kier alpha value is -1.89. The van der Waals surface area contributed by atoms with Gasteiger partial charge in [0.2, 0.25) is 5.89 Å². The second-order valence-corrected chi connectivity index (χ2v) is 4.49. The molecule has 100 valence electrons. The zero-order valence-electron chi connectivity index (χ0n) is 10.3. The fraction of sp³-hybridized carbons (Fsp3) is 0.250. The van der Waals surface area contributed by atoms with Crippen molar-refractivity contribution in [2.24, 2.45) is 0 Å². The van der Waals surface area contributed by atoms with Crippen LogP contribution in [0.1, 0.15) is 22.1 Å². The molecule has 6 nitrogen and oxygen atoms in total. The van der Waals surface area contributed by atoms with Crippen LogP contribution in [0.25, 0.3) is 0 Å². The number of hydrogen-bond donors (Lipinski definition) is 0. The largest absolute Gasteiger partial charge is 0.497 e. The average molecular weight is 327 g/mol. The zero-order valence-corrected chi connectivity index (χ0v) is 11.9. The molecule has 0 aliphatic carbocycles. The molecule has 7 heteroatoms. The van der Waals surface area contributed by atoms with Crippen LogP contribution in [0.4, 0.5) is 0 Å². The highest BCUT2D eigenvalue weighted by molar-refractivity contribution is 9.10. The molecular formula is C12H11BrN2O4. The number of halogens is 1. The van der Waals surface area contributed by atoms with Gasteiger partial charge in [-0.1, -0.05) is 0 Å². The number of benzene rings is 1. The Bertz CT molecular complexity index is 597. The molecule has 0 bridgehead atoms. The number of aromatic nitrogens is 2. The maximum absolute atomic E-state index is 11.9. The summed E-state index contributed by atoms with van der Waals surface area (Å²) in [6, 6.07) is 5.04. The van der Waals surface area contributed by atoms with E-state index in [9.17, 15) is 4.79 Å². The van der Waals surface area contributed by atoms with Crippen molar-refractivity contribution in [1.82, 2.24) is 10.2 Å². The molecule has 2 aromatic rings. The first kappa shape index (κ1) is 13.5. The third-order valence-corrected chi connectivity index (χ3v) is 2.98. The normalized spacial score (nSPS) is 10.3. The van der Waals surface area contributed by atoms with E-state index in [-0.39, 0.29) is 12.5 Å². The van der Waals surface area contributed by atoms with E-state index >= 15 is 0 Å². The lowest BCUT2D eigenvalue weighted by Gasteiger charge is -2.06. The van der Waals surface area contributed by atoms with Gasteiger partial charge in [-0.3, -0.25) is 0 Å². The first-order valence-corrected chi connectivity index (χ1v) is 6.19. The van der Waals surface area contributed by atoms with Gasteiger partial charge in [0.15, 0.2) is 6.61 Å². The van der Waals surface area contributed by atoms with E-state index in [1.165, 1.54) is 7.11 Å². The third kappa shape index (κ3) is 3.31. The van der Waals surface area contributed by atoms with E-state index in [0.717, 1.165) is 0 Å². The summed E-state index contributed by atoms with van der Waals surface area (Å²) in [6.07, 6.45) is 0. The summed E-state index contributed by atoms with van der Waals surface area (Å²) in [5.74, 6) is 0.754. The topological polar surface area (TPSA) is 74.5 Å². The molecular weight excluding hydrogens is 316 g/mol. The van der Waals surface area contributed by atoms with Gasteiger partial charge in [0.1, 0.15) is 5.75 Å². The van der Waals surface area contributed by atoms with Gasteiger partial charge in [-0.2, -0.15) is 0 Å². The van der Waals surface area contributed by atoms with Crippen LogP contribution in [0.15, 0.2) is 27.1 Å². The van der Waals surface area contributed by atoms with Gasteiger partial charge in [0.05, 0.1) is 12.7 Å². The smallest absolute Gasteiger partial charge is 0.339 e. The molecule has 1 aromatic heterocycles. The summed E-state index contributed by atoms with van der Waals surface area (Å²) >= 11 is 3.28. The van der Waals surface area contributed by atoms with E-state index in [4.69, 9.17) is 13.9 Å². The minimum Gasteiger partial charge on any atom is -0.497 e. The Labute approximate surface area is 117 Å². The Morgan fingerprint density at radius 1 is 1.42 bits per heavy atom. The highest BCUT2D eigenvalue weighted by atomic mass is 79.9. The molecule has 2 rings (SSSR count). The second-order valence-electron chi connectivity index (χ2n) is 3.64. The molecule has 0 saturated heterocycles. The molecule has 0 radical (unpaired) electrons. The highest BCUT2D eigenvalue weighted by Crippen LogP contribution is 2.23.